The maximum atomic E-state index is 6.48. The van der Waals surface area contributed by atoms with E-state index < -0.39 is 0 Å². The number of hydrogen-bond acceptors (Lipinski definition) is 5. The van der Waals surface area contributed by atoms with E-state index in [1.54, 1.807) is 0 Å². The summed E-state index contributed by atoms with van der Waals surface area (Å²) in [6.45, 7) is 0. The number of furan rings is 1. The number of hydrogen-bond donors (Lipinski definition) is 0. The molecule has 0 spiro atoms. The second-order valence-electron chi connectivity index (χ2n) is 12.4. The van der Waals surface area contributed by atoms with E-state index in [2.05, 4.69) is 91.0 Å². The van der Waals surface area contributed by atoms with Gasteiger partial charge in [-0.2, -0.15) is 0 Å². The van der Waals surface area contributed by atoms with Gasteiger partial charge in [-0.25, -0.2) is 15.0 Å². The molecule has 0 aliphatic heterocycles. The summed E-state index contributed by atoms with van der Waals surface area (Å²) in [6.07, 6.45) is 0. The lowest BCUT2D eigenvalue weighted by Crippen LogP contribution is -1.99. The fourth-order valence-electron chi connectivity index (χ4n) is 6.92. The SMILES string of the molecule is c1ccc(-c2nc(-c3ccccc3)nc(-c3ccc4c(c3)sc3c(-c5cc(-c6ccccc6)c6oc7ccccc7c6c5)cccc34)n2)cc1. The van der Waals surface area contributed by atoms with Gasteiger partial charge in [0.25, 0.3) is 0 Å². The van der Waals surface area contributed by atoms with E-state index in [1.165, 1.54) is 25.7 Å². The van der Waals surface area contributed by atoms with Crippen LogP contribution in [0.1, 0.15) is 0 Å². The lowest BCUT2D eigenvalue weighted by Gasteiger charge is -2.09. The number of rotatable bonds is 5. The quantitative estimate of drug-likeness (QED) is 0.185. The Morgan fingerprint density at radius 3 is 1.68 bits per heavy atom. The third-order valence-corrected chi connectivity index (χ3v) is 10.5. The summed E-state index contributed by atoms with van der Waals surface area (Å²) in [4.78, 5) is 14.9. The zero-order valence-electron chi connectivity index (χ0n) is 26.7. The molecule has 0 saturated heterocycles. The van der Waals surface area contributed by atoms with Crippen molar-refractivity contribution in [2.45, 2.75) is 0 Å². The van der Waals surface area contributed by atoms with Crippen LogP contribution in [0.15, 0.2) is 168 Å². The maximum Gasteiger partial charge on any atom is 0.164 e. The van der Waals surface area contributed by atoms with Crippen LogP contribution in [-0.4, -0.2) is 15.0 Å². The molecule has 0 amide bonds. The van der Waals surface area contributed by atoms with Gasteiger partial charge in [0.15, 0.2) is 17.5 Å². The van der Waals surface area contributed by atoms with Gasteiger partial charge in [-0.05, 0) is 41.0 Å². The van der Waals surface area contributed by atoms with Crippen LogP contribution in [0.3, 0.4) is 0 Å². The minimum absolute atomic E-state index is 0.655. The van der Waals surface area contributed by atoms with Gasteiger partial charge >= 0.3 is 0 Å². The molecule has 0 aliphatic rings. The largest absolute Gasteiger partial charge is 0.455 e. The number of fused-ring (bicyclic) bond motifs is 6. The monoisotopic (exact) mass is 657 g/mol. The highest BCUT2D eigenvalue weighted by Crippen LogP contribution is 2.44. The normalized spacial score (nSPS) is 11.6. The van der Waals surface area contributed by atoms with Crippen molar-refractivity contribution in [3.63, 3.8) is 0 Å². The van der Waals surface area contributed by atoms with Gasteiger partial charge in [-0.15, -0.1) is 11.3 Å². The molecule has 3 aromatic heterocycles. The molecule has 0 aliphatic carbocycles. The highest BCUT2D eigenvalue weighted by Gasteiger charge is 2.18. The minimum atomic E-state index is 0.655. The summed E-state index contributed by atoms with van der Waals surface area (Å²) in [7, 11) is 0. The van der Waals surface area contributed by atoms with Crippen molar-refractivity contribution in [2.24, 2.45) is 0 Å². The van der Waals surface area contributed by atoms with Gasteiger partial charge in [-0.1, -0.05) is 140 Å². The van der Waals surface area contributed by atoms with Gasteiger partial charge in [0.1, 0.15) is 11.2 Å². The first-order valence-electron chi connectivity index (χ1n) is 16.6. The summed E-state index contributed by atoms with van der Waals surface area (Å²) < 4.78 is 8.91. The first-order valence-corrected chi connectivity index (χ1v) is 17.4. The van der Waals surface area contributed by atoms with Gasteiger partial charge in [-0.3, -0.25) is 0 Å². The molecule has 0 fully saturated rings. The number of para-hydroxylation sites is 1. The minimum Gasteiger partial charge on any atom is -0.455 e. The van der Waals surface area contributed by atoms with E-state index >= 15 is 0 Å². The molecule has 0 atom stereocenters. The Morgan fingerprint density at radius 1 is 0.380 bits per heavy atom. The lowest BCUT2D eigenvalue weighted by atomic mass is 9.95. The molecule has 0 unspecified atom stereocenters. The summed E-state index contributed by atoms with van der Waals surface area (Å²) in [5.74, 6) is 1.97. The lowest BCUT2D eigenvalue weighted by molar-refractivity contribution is 0.670. The Hall–Kier alpha value is -6.43. The van der Waals surface area contributed by atoms with Crippen molar-refractivity contribution in [2.75, 3.05) is 0 Å². The smallest absolute Gasteiger partial charge is 0.164 e. The second-order valence-corrected chi connectivity index (χ2v) is 13.5. The third-order valence-electron chi connectivity index (χ3n) is 9.33. The summed E-state index contributed by atoms with van der Waals surface area (Å²) in [5, 5.41) is 4.69. The molecule has 4 nitrogen and oxygen atoms in total. The second kappa shape index (κ2) is 11.6. The van der Waals surface area contributed by atoms with Gasteiger partial charge in [0.05, 0.1) is 0 Å². The molecule has 50 heavy (non-hydrogen) atoms. The fraction of sp³-hybridized carbons (Fsp3) is 0. The summed E-state index contributed by atoms with van der Waals surface area (Å²) in [6, 6.07) is 56.8. The van der Waals surface area contributed by atoms with E-state index in [-0.39, 0.29) is 0 Å². The van der Waals surface area contributed by atoms with Crippen LogP contribution in [-0.2, 0) is 0 Å². The molecule has 0 saturated carbocycles. The predicted octanol–water partition coefficient (Wildman–Crippen LogP) is 12.5. The Balaban J connectivity index is 1.15. The van der Waals surface area contributed by atoms with Crippen LogP contribution in [0.25, 0.3) is 98.5 Å². The standard InChI is InChI=1S/C45H27N3OS/c1-4-13-28(14-5-1)37-25-32(26-38-34-19-10-11-22-39(34)49-41(37)38)33-20-12-21-36-35-24-23-31(27-40(35)50-42(33)36)45-47-43(29-15-6-2-7-16-29)46-44(48-45)30-17-8-3-9-18-30/h1-27H. The van der Waals surface area contributed by atoms with Crippen molar-refractivity contribution in [3.8, 4) is 56.4 Å². The average Bonchev–Trinajstić information content (AvgIpc) is 3.76. The van der Waals surface area contributed by atoms with Crippen LogP contribution >= 0.6 is 11.3 Å². The van der Waals surface area contributed by atoms with Crippen molar-refractivity contribution >= 4 is 53.4 Å². The molecular formula is C45H27N3OS. The first kappa shape index (κ1) is 28.6. The van der Waals surface area contributed by atoms with Crippen LogP contribution in [0.5, 0.6) is 0 Å². The molecule has 10 aromatic rings. The van der Waals surface area contributed by atoms with Gasteiger partial charge < -0.3 is 4.42 Å². The molecule has 3 heterocycles. The topological polar surface area (TPSA) is 51.8 Å². The maximum absolute atomic E-state index is 6.48. The molecule has 7 aromatic carbocycles. The van der Waals surface area contributed by atoms with Crippen LogP contribution in [0.2, 0.25) is 0 Å². The molecule has 5 heteroatoms. The Morgan fingerprint density at radius 2 is 0.980 bits per heavy atom. The molecule has 0 N–H and O–H groups in total. The molecule has 0 radical (unpaired) electrons. The van der Waals surface area contributed by atoms with E-state index in [0.29, 0.717) is 17.5 Å². The van der Waals surface area contributed by atoms with Gasteiger partial charge in [0.2, 0.25) is 0 Å². The summed E-state index contributed by atoms with van der Waals surface area (Å²) in [5.41, 5.74) is 9.27. The average molecular weight is 658 g/mol. The molecule has 10 rings (SSSR count). The predicted molar refractivity (Wildman–Crippen MR) is 207 cm³/mol. The van der Waals surface area contributed by atoms with Crippen LogP contribution in [0, 0.1) is 0 Å². The Bertz CT molecular complexity index is 2800. The zero-order chi connectivity index (χ0) is 33.0. The van der Waals surface area contributed by atoms with E-state index in [4.69, 9.17) is 19.4 Å². The molecule has 0 bridgehead atoms. The van der Waals surface area contributed by atoms with Crippen molar-refractivity contribution in [1.29, 1.82) is 0 Å². The zero-order valence-corrected chi connectivity index (χ0v) is 27.6. The van der Waals surface area contributed by atoms with Crippen LogP contribution < -0.4 is 0 Å². The first-order chi connectivity index (χ1) is 24.8. The highest BCUT2D eigenvalue weighted by atomic mass is 32.1. The number of nitrogens with zero attached hydrogens (tertiary/aromatic N) is 3. The molecular weight excluding hydrogens is 631 g/mol. The number of benzene rings is 7. The highest BCUT2D eigenvalue weighted by molar-refractivity contribution is 7.26. The van der Waals surface area contributed by atoms with Crippen LogP contribution in [0.4, 0.5) is 0 Å². The van der Waals surface area contributed by atoms with E-state index in [1.807, 2.05) is 84.1 Å². The number of thiophene rings is 1. The van der Waals surface area contributed by atoms with Crippen molar-refractivity contribution in [1.82, 2.24) is 15.0 Å². The molecule has 234 valence electrons. The Kier molecular flexibility index (Phi) is 6.64. The fourth-order valence-corrected chi connectivity index (χ4v) is 8.19. The van der Waals surface area contributed by atoms with E-state index in [9.17, 15) is 0 Å². The Labute approximate surface area is 292 Å². The van der Waals surface area contributed by atoms with Gasteiger partial charge in [0, 0.05) is 53.2 Å². The van der Waals surface area contributed by atoms with Crippen molar-refractivity contribution < 1.29 is 4.42 Å². The summed E-state index contributed by atoms with van der Waals surface area (Å²) >= 11 is 1.81. The third kappa shape index (κ3) is 4.79. The van der Waals surface area contributed by atoms with Crippen molar-refractivity contribution in [3.05, 3.63) is 164 Å². The number of aromatic nitrogens is 3. The van der Waals surface area contributed by atoms with E-state index in [0.717, 1.165) is 55.3 Å².